The van der Waals surface area contributed by atoms with Gasteiger partial charge in [0.1, 0.15) is 0 Å². The largest absolute Gasteiger partial charge is 0.510 e. The highest BCUT2D eigenvalue weighted by Crippen LogP contribution is 2.53. The molecule has 1 aromatic rings. The van der Waals surface area contributed by atoms with Gasteiger partial charge >= 0.3 is 34.3 Å². The Bertz CT molecular complexity index is 906. The van der Waals surface area contributed by atoms with Crippen molar-refractivity contribution in [3.8, 4) is 0 Å². The third-order valence-electron chi connectivity index (χ3n) is 5.03. The number of rotatable bonds is 8. The summed E-state index contributed by atoms with van der Waals surface area (Å²) in [6.45, 7) is 6.78. The lowest BCUT2D eigenvalue weighted by Crippen LogP contribution is -2.57. The van der Waals surface area contributed by atoms with Crippen molar-refractivity contribution in [3.63, 3.8) is 0 Å². The van der Waals surface area contributed by atoms with Gasteiger partial charge in [0.25, 0.3) is 0 Å². The minimum Gasteiger partial charge on any atom is -0.432 e. The van der Waals surface area contributed by atoms with Crippen LogP contribution in [0.1, 0.15) is 58.6 Å². The molecule has 0 heterocycles. The predicted molar refractivity (Wildman–Crippen MR) is 105 cm³/mol. The van der Waals surface area contributed by atoms with E-state index in [1.54, 1.807) is 0 Å². The molecular weight excluding hydrogens is 485 g/mol. The van der Waals surface area contributed by atoms with Crippen LogP contribution in [0.4, 0.5) is 35.0 Å². The number of alkyl halides is 6. The van der Waals surface area contributed by atoms with E-state index >= 15 is 0 Å². The van der Waals surface area contributed by atoms with Crippen molar-refractivity contribution in [2.45, 2.75) is 82.2 Å². The van der Waals surface area contributed by atoms with Gasteiger partial charge in [0.05, 0.1) is 11.4 Å². The number of halogens is 7. The van der Waals surface area contributed by atoms with Crippen molar-refractivity contribution in [2.24, 2.45) is 0 Å². The molecule has 0 bridgehead atoms. The van der Waals surface area contributed by atoms with Crippen LogP contribution in [-0.2, 0) is 30.7 Å². The standard InChI is InChI=1S/C20H25F7O5S/c1-6-15(33(27,29)30)11-17(4,5)13-7-9-14(10-8-13)18(19(21,22)23,20(24,25)26)32-16(28)31-12(2)3/h7-10,12,15H,6,11H2,1-5H3. The summed E-state index contributed by atoms with van der Waals surface area (Å²) in [5, 5.41) is -1.41. The summed E-state index contributed by atoms with van der Waals surface area (Å²) < 4.78 is 127. The number of carbonyl (C=O) groups is 1. The maximum absolute atomic E-state index is 13.8. The van der Waals surface area contributed by atoms with Crippen molar-refractivity contribution in [1.82, 2.24) is 0 Å². The molecule has 1 rings (SSSR count). The van der Waals surface area contributed by atoms with Gasteiger partial charge in [0.2, 0.25) is 0 Å². The fourth-order valence-corrected chi connectivity index (χ4v) is 4.30. The second-order valence-electron chi connectivity index (χ2n) is 8.37. The number of carbonyl (C=O) groups excluding carboxylic acids is 1. The molecule has 5 nitrogen and oxygen atoms in total. The molecule has 1 atom stereocenters. The van der Waals surface area contributed by atoms with Crippen molar-refractivity contribution in [3.05, 3.63) is 35.4 Å². The molecule has 0 radical (unpaired) electrons. The molecule has 0 spiro atoms. The smallest absolute Gasteiger partial charge is 0.432 e. The van der Waals surface area contributed by atoms with Crippen LogP contribution in [0.15, 0.2) is 24.3 Å². The van der Waals surface area contributed by atoms with E-state index in [0.717, 1.165) is 12.1 Å². The van der Waals surface area contributed by atoms with E-state index in [1.165, 1.54) is 34.6 Å². The van der Waals surface area contributed by atoms with Crippen LogP contribution in [0.2, 0.25) is 0 Å². The summed E-state index contributed by atoms with van der Waals surface area (Å²) in [7, 11) is -4.92. The molecule has 1 unspecified atom stereocenters. The van der Waals surface area contributed by atoms with E-state index in [4.69, 9.17) is 0 Å². The van der Waals surface area contributed by atoms with E-state index in [0.29, 0.717) is 12.1 Å². The first kappa shape index (κ1) is 29.0. The summed E-state index contributed by atoms with van der Waals surface area (Å²) in [4.78, 5) is 11.7. The Morgan fingerprint density at radius 3 is 1.70 bits per heavy atom. The highest BCUT2D eigenvalue weighted by molar-refractivity contribution is 7.87. The molecule has 33 heavy (non-hydrogen) atoms. The van der Waals surface area contributed by atoms with Crippen molar-refractivity contribution in [1.29, 1.82) is 0 Å². The molecule has 1 aromatic carbocycles. The lowest BCUT2D eigenvalue weighted by molar-refractivity contribution is -0.376. The molecule has 0 amide bonds. The molecule has 0 fully saturated rings. The number of ether oxygens (including phenoxy) is 2. The third-order valence-corrected chi connectivity index (χ3v) is 6.33. The number of benzene rings is 1. The van der Waals surface area contributed by atoms with Crippen LogP contribution in [0, 0.1) is 0 Å². The molecule has 0 aromatic heterocycles. The topological polar surface area (TPSA) is 69.7 Å². The molecule has 0 aliphatic heterocycles. The first-order valence-corrected chi connectivity index (χ1v) is 11.2. The highest BCUT2D eigenvalue weighted by Gasteiger charge is 2.75. The van der Waals surface area contributed by atoms with Crippen LogP contribution in [0.5, 0.6) is 0 Å². The van der Waals surface area contributed by atoms with Crippen LogP contribution in [0.25, 0.3) is 0 Å². The second-order valence-corrected chi connectivity index (χ2v) is 9.98. The van der Waals surface area contributed by atoms with Gasteiger partial charge in [0, 0.05) is 5.56 Å². The average Bonchev–Trinajstić information content (AvgIpc) is 2.60. The van der Waals surface area contributed by atoms with E-state index in [2.05, 4.69) is 9.47 Å². The molecule has 13 heteroatoms. The van der Waals surface area contributed by atoms with Gasteiger partial charge in [0.15, 0.2) is 0 Å². The lowest BCUT2D eigenvalue weighted by Gasteiger charge is -2.37. The summed E-state index contributed by atoms with van der Waals surface area (Å²) >= 11 is 0. The zero-order valence-electron chi connectivity index (χ0n) is 18.5. The van der Waals surface area contributed by atoms with E-state index < -0.39 is 56.7 Å². The highest BCUT2D eigenvalue weighted by atomic mass is 32.3. The zero-order chi connectivity index (χ0) is 26.0. The molecule has 0 saturated heterocycles. The minimum absolute atomic E-state index is 0.0859. The monoisotopic (exact) mass is 510 g/mol. The van der Waals surface area contributed by atoms with Gasteiger partial charge in [-0.2, -0.15) is 34.8 Å². The van der Waals surface area contributed by atoms with Crippen LogP contribution < -0.4 is 0 Å². The quantitative estimate of drug-likeness (QED) is 0.233. The van der Waals surface area contributed by atoms with Crippen molar-refractivity contribution < 1.29 is 52.9 Å². The third kappa shape index (κ3) is 6.51. The van der Waals surface area contributed by atoms with Gasteiger partial charge in [-0.15, -0.1) is 3.89 Å². The fourth-order valence-electron chi connectivity index (χ4n) is 3.29. The number of hydrogen-bond donors (Lipinski definition) is 0. The molecule has 0 aliphatic rings. The van der Waals surface area contributed by atoms with E-state index in [-0.39, 0.29) is 18.4 Å². The predicted octanol–water partition coefficient (Wildman–Crippen LogP) is 6.31. The fraction of sp³-hybridized carbons (Fsp3) is 0.650. The van der Waals surface area contributed by atoms with Crippen LogP contribution in [0.3, 0.4) is 0 Å². The van der Waals surface area contributed by atoms with Crippen LogP contribution >= 0.6 is 0 Å². The van der Waals surface area contributed by atoms with Gasteiger partial charge in [-0.3, -0.25) is 0 Å². The molecule has 190 valence electrons. The van der Waals surface area contributed by atoms with Gasteiger partial charge in [-0.05, 0) is 37.7 Å². The maximum Gasteiger partial charge on any atom is 0.510 e. The van der Waals surface area contributed by atoms with Gasteiger partial charge < -0.3 is 9.47 Å². The average molecular weight is 510 g/mol. The Kier molecular flexibility index (Phi) is 8.49. The summed E-state index contributed by atoms with van der Waals surface area (Å²) in [6, 6.07) is 2.78. The Hall–Kier alpha value is -2.05. The van der Waals surface area contributed by atoms with E-state index in [9.17, 15) is 43.4 Å². The lowest BCUT2D eigenvalue weighted by atomic mass is 9.79. The van der Waals surface area contributed by atoms with Crippen molar-refractivity contribution >= 4 is 16.4 Å². The second kappa shape index (κ2) is 9.67. The van der Waals surface area contributed by atoms with Crippen LogP contribution in [-0.4, -0.2) is 38.3 Å². The van der Waals surface area contributed by atoms with Gasteiger partial charge in [-0.25, -0.2) is 4.79 Å². The van der Waals surface area contributed by atoms with E-state index in [1.807, 2.05) is 0 Å². The number of hydrogen-bond acceptors (Lipinski definition) is 5. The Morgan fingerprint density at radius 1 is 0.939 bits per heavy atom. The summed E-state index contributed by atoms with van der Waals surface area (Å²) in [5.41, 5.74) is -7.43. The molecule has 0 aliphatic carbocycles. The van der Waals surface area contributed by atoms with Gasteiger partial charge in [-0.1, -0.05) is 45.0 Å². The Balaban J connectivity index is 3.53. The summed E-state index contributed by atoms with van der Waals surface area (Å²) in [6.07, 6.45) is -15.8. The van der Waals surface area contributed by atoms with Crippen molar-refractivity contribution in [2.75, 3.05) is 0 Å². The minimum atomic E-state index is -6.10. The first-order chi connectivity index (χ1) is 14.7. The Morgan fingerprint density at radius 2 is 1.36 bits per heavy atom. The maximum atomic E-state index is 13.8. The SMILES string of the molecule is CCC(CC(C)(C)c1ccc(C(OC(=O)OC(C)C)(C(F)(F)F)C(F)(F)F)cc1)S(=O)(=O)F. The molecule has 0 N–H and O–H groups in total. The molecular formula is C20H25F7O5S. The normalized spacial score (nSPS) is 14.8. The summed E-state index contributed by atoms with van der Waals surface area (Å²) in [5.74, 6) is 0. The first-order valence-electron chi connectivity index (χ1n) is 9.76. The molecule has 0 saturated carbocycles. The zero-order valence-corrected chi connectivity index (χ0v) is 19.3. The Labute approximate surface area is 187 Å².